The molecule has 0 saturated heterocycles. The van der Waals surface area contributed by atoms with E-state index in [0.717, 1.165) is 21.7 Å². The summed E-state index contributed by atoms with van der Waals surface area (Å²) in [5, 5.41) is 2.61. The zero-order valence-electron chi connectivity index (χ0n) is 20.7. The van der Waals surface area contributed by atoms with Crippen LogP contribution in [0.2, 0.25) is 0 Å². The average molecular weight is 490 g/mol. The molecule has 0 aliphatic heterocycles. The summed E-state index contributed by atoms with van der Waals surface area (Å²) < 4.78 is 32.0. The standard InChI is InChI=1S/C25H35N3O5S/c1-7-22(25(30)26-4)27(16-19-11-10-12-20(15-19)33-5)24(29)17-28(34(6,31)32)23-14-9-8-13-21(23)18(2)3/h8-15,18,22H,7,16-17H2,1-6H3,(H,26,30). The van der Waals surface area contributed by atoms with Gasteiger partial charge in [-0.3, -0.25) is 13.9 Å². The van der Waals surface area contributed by atoms with Gasteiger partial charge in [-0.25, -0.2) is 8.42 Å². The van der Waals surface area contributed by atoms with Crippen LogP contribution in [0.5, 0.6) is 5.75 Å². The fourth-order valence-corrected chi connectivity index (χ4v) is 4.72. The highest BCUT2D eigenvalue weighted by Gasteiger charge is 2.32. The van der Waals surface area contributed by atoms with Crippen molar-refractivity contribution in [2.24, 2.45) is 0 Å². The molecular weight excluding hydrogens is 454 g/mol. The molecule has 0 heterocycles. The maximum atomic E-state index is 13.6. The van der Waals surface area contributed by atoms with E-state index in [1.807, 2.05) is 39.0 Å². The second-order valence-corrected chi connectivity index (χ2v) is 10.3. The maximum Gasteiger partial charge on any atom is 0.244 e. The molecule has 1 N–H and O–H groups in total. The molecule has 2 amide bonds. The van der Waals surface area contributed by atoms with Crippen molar-refractivity contribution in [2.45, 2.75) is 45.7 Å². The van der Waals surface area contributed by atoms with Crippen molar-refractivity contribution in [3.63, 3.8) is 0 Å². The van der Waals surface area contributed by atoms with Crippen molar-refractivity contribution in [1.29, 1.82) is 0 Å². The van der Waals surface area contributed by atoms with Crippen LogP contribution in [0.25, 0.3) is 0 Å². The first-order valence-electron chi connectivity index (χ1n) is 11.2. The Kier molecular flexibility index (Phi) is 9.49. The number of anilines is 1. The highest BCUT2D eigenvalue weighted by molar-refractivity contribution is 7.92. The molecule has 0 saturated carbocycles. The number of carbonyl (C=O) groups is 2. The van der Waals surface area contributed by atoms with Crippen LogP contribution in [0.1, 0.15) is 44.2 Å². The molecule has 0 aliphatic rings. The average Bonchev–Trinajstić information content (AvgIpc) is 2.81. The van der Waals surface area contributed by atoms with Gasteiger partial charge in [0.15, 0.2) is 0 Å². The molecule has 8 nitrogen and oxygen atoms in total. The number of para-hydroxylation sites is 1. The Labute approximate surface area is 202 Å². The van der Waals surface area contributed by atoms with Gasteiger partial charge in [-0.15, -0.1) is 0 Å². The summed E-state index contributed by atoms with van der Waals surface area (Å²) in [5.41, 5.74) is 2.05. The quantitative estimate of drug-likeness (QED) is 0.523. The predicted octanol–water partition coefficient (Wildman–Crippen LogP) is 3.14. The van der Waals surface area contributed by atoms with Crippen molar-refractivity contribution >= 4 is 27.5 Å². The molecule has 2 aromatic rings. The highest BCUT2D eigenvalue weighted by Crippen LogP contribution is 2.29. The summed E-state index contributed by atoms with van der Waals surface area (Å²) in [4.78, 5) is 27.7. The topological polar surface area (TPSA) is 96.0 Å². The van der Waals surface area contributed by atoms with Crippen LogP contribution >= 0.6 is 0 Å². The predicted molar refractivity (Wildman–Crippen MR) is 134 cm³/mol. The van der Waals surface area contributed by atoms with Gasteiger partial charge in [-0.1, -0.05) is 51.1 Å². The monoisotopic (exact) mass is 489 g/mol. The molecular formula is C25H35N3O5S. The Morgan fingerprint density at radius 3 is 2.32 bits per heavy atom. The van der Waals surface area contributed by atoms with E-state index in [1.165, 1.54) is 11.9 Å². The number of sulfonamides is 1. The lowest BCUT2D eigenvalue weighted by Gasteiger charge is -2.33. The Balaban J connectivity index is 2.50. The van der Waals surface area contributed by atoms with Gasteiger partial charge in [0.25, 0.3) is 0 Å². The Hall–Kier alpha value is -3.07. The third-order valence-corrected chi connectivity index (χ3v) is 6.75. The summed E-state index contributed by atoms with van der Waals surface area (Å²) in [6.45, 7) is 5.46. The number of ether oxygens (including phenoxy) is 1. The zero-order chi connectivity index (χ0) is 25.5. The number of likely N-dealkylation sites (N-methyl/N-ethyl adjacent to an activating group) is 1. The lowest BCUT2D eigenvalue weighted by Crippen LogP contribution is -2.51. The maximum absolute atomic E-state index is 13.6. The summed E-state index contributed by atoms with van der Waals surface area (Å²) in [6.07, 6.45) is 1.46. The molecule has 0 radical (unpaired) electrons. The van der Waals surface area contributed by atoms with Gasteiger partial charge in [0.2, 0.25) is 21.8 Å². The molecule has 1 atom stereocenters. The Morgan fingerprint density at radius 2 is 1.76 bits per heavy atom. The van der Waals surface area contributed by atoms with Crippen molar-refractivity contribution in [3.05, 3.63) is 59.7 Å². The van der Waals surface area contributed by atoms with Gasteiger partial charge in [-0.2, -0.15) is 0 Å². The molecule has 9 heteroatoms. The molecule has 34 heavy (non-hydrogen) atoms. The number of rotatable bonds is 11. The molecule has 186 valence electrons. The molecule has 0 aliphatic carbocycles. The first kappa shape index (κ1) is 27.2. The molecule has 0 fully saturated rings. The summed E-state index contributed by atoms with van der Waals surface area (Å²) in [5.74, 6) is -0.103. The molecule has 2 aromatic carbocycles. The Morgan fingerprint density at radius 1 is 1.09 bits per heavy atom. The minimum Gasteiger partial charge on any atom is -0.497 e. The zero-order valence-corrected chi connectivity index (χ0v) is 21.6. The number of carbonyl (C=O) groups excluding carboxylic acids is 2. The molecule has 0 aromatic heterocycles. The second kappa shape index (κ2) is 11.9. The van der Waals surface area contributed by atoms with Gasteiger partial charge in [-0.05, 0) is 41.7 Å². The SMILES string of the molecule is CCC(C(=O)NC)N(Cc1cccc(OC)c1)C(=O)CN(c1ccccc1C(C)C)S(C)(=O)=O. The Bertz CT molecular complexity index is 1100. The van der Waals surface area contributed by atoms with Gasteiger partial charge in [0.05, 0.1) is 19.1 Å². The summed E-state index contributed by atoms with van der Waals surface area (Å²) in [6, 6.07) is 13.6. The van der Waals surface area contributed by atoms with Crippen LogP contribution in [-0.2, 0) is 26.2 Å². The number of nitrogens with zero attached hydrogens (tertiary/aromatic N) is 2. The van der Waals surface area contributed by atoms with E-state index < -0.39 is 28.5 Å². The van der Waals surface area contributed by atoms with Crippen LogP contribution in [0.3, 0.4) is 0 Å². The van der Waals surface area contributed by atoms with Crippen molar-refractivity contribution < 1.29 is 22.7 Å². The highest BCUT2D eigenvalue weighted by atomic mass is 32.2. The van der Waals surface area contributed by atoms with E-state index in [1.54, 1.807) is 37.4 Å². The fraction of sp³-hybridized carbons (Fsp3) is 0.440. The largest absolute Gasteiger partial charge is 0.497 e. The van der Waals surface area contributed by atoms with Crippen molar-refractivity contribution in [1.82, 2.24) is 10.2 Å². The molecule has 1 unspecified atom stereocenters. The number of hydrogen-bond acceptors (Lipinski definition) is 5. The summed E-state index contributed by atoms with van der Waals surface area (Å²) >= 11 is 0. The number of hydrogen-bond donors (Lipinski definition) is 1. The third-order valence-electron chi connectivity index (χ3n) is 5.63. The minimum atomic E-state index is -3.78. The van der Waals surface area contributed by atoms with E-state index in [9.17, 15) is 18.0 Å². The van der Waals surface area contributed by atoms with Crippen LogP contribution < -0.4 is 14.4 Å². The normalized spacial score (nSPS) is 12.2. The number of benzene rings is 2. The summed E-state index contributed by atoms with van der Waals surface area (Å²) in [7, 11) is -0.711. The van der Waals surface area contributed by atoms with Crippen molar-refractivity contribution in [2.75, 3.05) is 31.3 Å². The fourth-order valence-electron chi connectivity index (χ4n) is 3.85. The van der Waals surface area contributed by atoms with Crippen LogP contribution in [-0.4, -0.2) is 58.1 Å². The smallest absolute Gasteiger partial charge is 0.244 e. The van der Waals surface area contributed by atoms with Crippen LogP contribution in [0.4, 0.5) is 5.69 Å². The van der Waals surface area contributed by atoms with E-state index in [-0.39, 0.29) is 18.4 Å². The minimum absolute atomic E-state index is 0.0534. The number of methoxy groups -OCH3 is 1. The molecule has 0 bridgehead atoms. The van der Waals surface area contributed by atoms with Crippen molar-refractivity contribution in [3.8, 4) is 5.75 Å². The molecule has 0 spiro atoms. The lowest BCUT2D eigenvalue weighted by atomic mass is 10.0. The number of amides is 2. The van der Waals surface area contributed by atoms with Gasteiger partial charge < -0.3 is 15.0 Å². The van der Waals surface area contributed by atoms with Gasteiger partial charge >= 0.3 is 0 Å². The van der Waals surface area contributed by atoms with E-state index in [0.29, 0.717) is 17.9 Å². The van der Waals surface area contributed by atoms with E-state index >= 15 is 0 Å². The number of nitrogens with one attached hydrogen (secondary N) is 1. The lowest BCUT2D eigenvalue weighted by molar-refractivity contribution is -0.140. The third kappa shape index (κ3) is 6.72. The second-order valence-electron chi connectivity index (χ2n) is 8.39. The first-order chi connectivity index (χ1) is 16.0. The van der Waals surface area contributed by atoms with E-state index in [4.69, 9.17) is 4.74 Å². The van der Waals surface area contributed by atoms with Gasteiger partial charge in [0.1, 0.15) is 18.3 Å². The van der Waals surface area contributed by atoms with Crippen LogP contribution in [0.15, 0.2) is 48.5 Å². The molecule has 2 rings (SSSR count). The van der Waals surface area contributed by atoms with Gasteiger partial charge in [0, 0.05) is 13.6 Å². The first-order valence-corrected chi connectivity index (χ1v) is 13.1. The van der Waals surface area contributed by atoms with Crippen LogP contribution in [0, 0.1) is 0 Å². The van der Waals surface area contributed by atoms with E-state index in [2.05, 4.69) is 5.32 Å².